The van der Waals surface area contributed by atoms with Crippen molar-refractivity contribution in [2.75, 3.05) is 12.4 Å². The third-order valence-electron chi connectivity index (χ3n) is 4.02. The average molecular weight is 306 g/mol. The van der Waals surface area contributed by atoms with Crippen LogP contribution >= 0.6 is 11.6 Å². The van der Waals surface area contributed by atoms with Crippen molar-refractivity contribution in [1.29, 1.82) is 0 Å². The van der Waals surface area contributed by atoms with Crippen LogP contribution < -0.4 is 10.1 Å². The molecule has 0 bridgehead atoms. The van der Waals surface area contributed by atoms with Crippen LogP contribution in [0.4, 0.5) is 10.1 Å². The fourth-order valence-electron chi connectivity index (χ4n) is 2.89. The molecular weight excluding hydrogens is 289 g/mol. The lowest BCUT2D eigenvalue weighted by atomic mass is 10.1. The summed E-state index contributed by atoms with van der Waals surface area (Å²) in [5, 5.41) is 4.14. The minimum Gasteiger partial charge on any atom is -0.495 e. The van der Waals surface area contributed by atoms with Crippen molar-refractivity contribution < 1.29 is 9.13 Å². The number of aryl methyl sites for hydroxylation is 1. The number of methoxy groups -OCH3 is 1. The van der Waals surface area contributed by atoms with Gasteiger partial charge in [0.1, 0.15) is 11.6 Å². The van der Waals surface area contributed by atoms with Crippen molar-refractivity contribution in [3.8, 4) is 5.75 Å². The van der Waals surface area contributed by atoms with Gasteiger partial charge >= 0.3 is 0 Å². The van der Waals surface area contributed by atoms with Gasteiger partial charge in [0.05, 0.1) is 18.8 Å². The van der Waals surface area contributed by atoms with E-state index in [4.69, 9.17) is 16.3 Å². The fraction of sp³-hybridized carbons (Fsp3) is 0.294. The minimum absolute atomic E-state index is 0.102. The van der Waals surface area contributed by atoms with Gasteiger partial charge in [-0.2, -0.15) is 0 Å². The van der Waals surface area contributed by atoms with Crippen LogP contribution in [0.15, 0.2) is 30.3 Å². The smallest absolute Gasteiger partial charge is 0.143 e. The van der Waals surface area contributed by atoms with Crippen molar-refractivity contribution in [2.24, 2.45) is 0 Å². The molecule has 0 saturated heterocycles. The Morgan fingerprint density at radius 2 is 2.14 bits per heavy atom. The van der Waals surface area contributed by atoms with E-state index in [2.05, 4.69) is 5.32 Å². The number of hydrogen-bond donors (Lipinski definition) is 1. The zero-order valence-electron chi connectivity index (χ0n) is 12.0. The maximum atomic E-state index is 13.8. The standard InChI is InChI=1S/C17H17ClFNO/c1-10-8-16(17(21-2)9-13(10)18)20-15-7-6-11-12(15)4-3-5-14(11)19/h3-5,8-9,15,20H,6-7H2,1-2H3. The Bertz CT molecular complexity index is 687. The zero-order chi connectivity index (χ0) is 15.0. The highest BCUT2D eigenvalue weighted by Crippen LogP contribution is 2.38. The van der Waals surface area contributed by atoms with E-state index in [0.717, 1.165) is 35.2 Å². The number of nitrogens with one attached hydrogen (secondary N) is 1. The van der Waals surface area contributed by atoms with Crippen LogP contribution in [0.2, 0.25) is 5.02 Å². The van der Waals surface area contributed by atoms with Crippen LogP contribution in [0.25, 0.3) is 0 Å². The Balaban J connectivity index is 1.93. The van der Waals surface area contributed by atoms with E-state index in [1.54, 1.807) is 19.2 Å². The maximum Gasteiger partial charge on any atom is 0.143 e. The number of anilines is 1. The molecule has 2 aromatic rings. The van der Waals surface area contributed by atoms with Gasteiger partial charge < -0.3 is 10.1 Å². The summed E-state index contributed by atoms with van der Waals surface area (Å²) in [5.74, 6) is 0.589. The summed E-state index contributed by atoms with van der Waals surface area (Å²) < 4.78 is 19.2. The molecular formula is C17H17ClFNO. The number of halogens is 2. The van der Waals surface area contributed by atoms with Gasteiger partial charge in [0, 0.05) is 11.1 Å². The fourth-order valence-corrected chi connectivity index (χ4v) is 3.05. The molecule has 2 aromatic carbocycles. The predicted molar refractivity (Wildman–Crippen MR) is 83.8 cm³/mol. The highest BCUT2D eigenvalue weighted by atomic mass is 35.5. The second-order valence-corrected chi connectivity index (χ2v) is 5.75. The lowest BCUT2D eigenvalue weighted by Crippen LogP contribution is -2.08. The van der Waals surface area contributed by atoms with Crippen LogP contribution in [-0.2, 0) is 6.42 Å². The van der Waals surface area contributed by atoms with Crippen molar-refractivity contribution in [3.63, 3.8) is 0 Å². The number of ether oxygens (including phenoxy) is 1. The third-order valence-corrected chi connectivity index (χ3v) is 4.43. The summed E-state index contributed by atoms with van der Waals surface area (Å²) >= 11 is 6.13. The number of benzene rings is 2. The molecule has 0 amide bonds. The van der Waals surface area contributed by atoms with E-state index in [-0.39, 0.29) is 11.9 Å². The van der Waals surface area contributed by atoms with Crippen molar-refractivity contribution in [1.82, 2.24) is 0 Å². The lowest BCUT2D eigenvalue weighted by Gasteiger charge is -2.19. The van der Waals surface area contributed by atoms with E-state index in [1.807, 2.05) is 19.1 Å². The highest BCUT2D eigenvalue weighted by Gasteiger charge is 2.25. The van der Waals surface area contributed by atoms with Gasteiger partial charge in [0.15, 0.2) is 0 Å². The third kappa shape index (κ3) is 2.58. The number of rotatable bonds is 3. The van der Waals surface area contributed by atoms with Gasteiger partial charge in [0.25, 0.3) is 0 Å². The molecule has 0 aliphatic heterocycles. The van der Waals surface area contributed by atoms with Gasteiger partial charge in [-0.1, -0.05) is 23.7 Å². The Hall–Kier alpha value is -1.74. The van der Waals surface area contributed by atoms with E-state index < -0.39 is 0 Å². The molecule has 1 atom stereocenters. The maximum absolute atomic E-state index is 13.8. The molecule has 0 spiro atoms. The average Bonchev–Trinajstić information content (AvgIpc) is 2.87. The largest absolute Gasteiger partial charge is 0.495 e. The van der Waals surface area contributed by atoms with Crippen LogP contribution in [0.5, 0.6) is 5.75 Å². The van der Waals surface area contributed by atoms with Crippen LogP contribution in [0.1, 0.15) is 29.2 Å². The Morgan fingerprint density at radius 3 is 2.90 bits per heavy atom. The molecule has 1 aliphatic rings. The first-order chi connectivity index (χ1) is 10.1. The second kappa shape index (κ2) is 5.57. The zero-order valence-corrected chi connectivity index (χ0v) is 12.8. The van der Waals surface area contributed by atoms with Crippen LogP contribution in [0, 0.1) is 12.7 Å². The highest BCUT2D eigenvalue weighted by molar-refractivity contribution is 6.31. The van der Waals surface area contributed by atoms with Crippen LogP contribution in [-0.4, -0.2) is 7.11 Å². The van der Waals surface area contributed by atoms with E-state index >= 15 is 0 Å². The number of fused-ring (bicyclic) bond motifs is 1. The first-order valence-corrected chi connectivity index (χ1v) is 7.36. The summed E-state index contributed by atoms with van der Waals surface area (Å²) in [4.78, 5) is 0. The Morgan fingerprint density at radius 1 is 1.33 bits per heavy atom. The summed E-state index contributed by atoms with van der Waals surface area (Å²) in [5.41, 5.74) is 3.73. The summed E-state index contributed by atoms with van der Waals surface area (Å²) in [6.45, 7) is 1.95. The normalized spacial score (nSPS) is 16.7. The van der Waals surface area contributed by atoms with Gasteiger partial charge in [-0.25, -0.2) is 4.39 Å². The summed E-state index contributed by atoms with van der Waals surface area (Å²) in [6, 6.07) is 9.15. The second-order valence-electron chi connectivity index (χ2n) is 5.34. The molecule has 1 unspecified atom stereocenters. The van der Waals surface area contributed by atoms with Gasteiger partial charge in [-0.05, 0) is 48.6 Å². The van der Waals surface area contributed by atoms with Gasteiger partial charge in [-0.3, -0.25) is 0 Å². The van der Waals surface area contributed by atoms with E-state index in [1.165, 1.54) is 6.07 Å². The van der Waals surface area contributed by atoms with Gasteiger partial charge in [0.2, 0.25) is 0 Å². The summed E-state index contributed by atoms with van der Waals surface area (Å²) in [7, 11) is 1.62. The lowest BCUT2D eigenvalue weighted by molar-refractivity contribution is 0.416. The topological polar surface area (TPSA) is 21.3 Å². The predicted octanol–water partition coefficient (Wildman–Crippen LogP) is 4.90. The molecule has 3 rings (SSSR count). The molecule has 1 aliphatic carbocycles. The number of hydrogen-bond acceptors (Lipinski definition) is 2. The van der Waals surface area contributed by atoms with Crippen LogP contribution in [0.3, 0.4) is 0 Å². The molecule has 2 nitrogen and oxygen atoms in total. The van der Waals surface area contributed by atoms with Crippen molar-refractivity contribution >= 4 is 17.3 Å². The first-order valence-electron chi connectivity index (χ1n) is 6.98. The van der Waals surface area contributed by atoms with Gasteiger partial charge in [-0.15, -0.1) is 0 Å². The molecule has 0 radical (unpaired) electrons. The van der Waals surface area contributed by atoms with Crippen molar-refractivity contribution in [3.05, 3.63) is 57.9 Å². The molecule has 0 fully saturated rings. The quantitative estimate of drug-likeness (QED) is 0.871. The molecule has 1 N–H and O–H groups in total. The molecule has 21 heavy (non-hydrogen) atoms. The van der Waals surface area contributed by atoms with E-state index in [9.17, 15) is 4.39 Å². The Kier molecular flexibility index (Phi) is 3.77. The van der Waals surface area contributed by atoms with E-state index in [0.29, 0.717) is 10.8 Å². The first kappa shape index (κ1) is 14.2. The molecule has 4 heteroatoms. The Labute approximate surface area is 128 Å². The SMILES string of the molecule is COc1cc(Cl)c(C)cc1NC1CCc2c(F)cccc21. The minimum atomic E-state index is -0.115. The van der Waals surface area contributed by atoms with Crippen molar-refractivity contribution in [2.45, 2.75) is 25.8 Å². The summed E-state index contributed by atoms with van der Waals surface area (Å²) in [6.07, 6.45) is 1.63. The molecule has 0 heterocycles. The molecule has 110 valence electrons. The molecule has 0 saturated carbocycles. The molecule has 0 aromatic heterocycles. The monoisotopic (exact) mass is 305 g/mol.